The van der Waals surface area contributed by atoms with E-state index in [0.29, 0.717) is 12.1 Å². The van der Waals surface area contributed by atoms with Gasteiger partial charge in [0.05, 0.1) is 0 Å². The molecule has 2 nitrogen and oxygen atoms in total. The second-order valence-corrected chi connectivity index (χ2v) is 10.5. The molecule has 0 saturated carbocycles. The van der Waals surface area contributed by atoms with E-state index in [-0.39, 0.29) is 18.6 Å². The van der Waals surface area contributed by atoms with Crippen LogP contribution in [0.25, 0.3) is 27.5 Å². The minimum absolute atomic E-state index is 0. The van der Waals surface area contributed by atoms with Crippen LogP contribution in [0.1, 0.15) is 84.8 Å². The smallest absolute Gasteiger partial charge is 0.311 e. The molecule has 41 heavy (non-hydrogen) atoms. The molecule has 2 saturated heterocycles. The van der Waals surface area contributed by atoms with Crippen molar-refractivity contribution in [1.29, 1.82) is 0 Å². The predicted molar refractivity (Wildman–Crippen MR) is 177 cm³/mol. The summed E-state index contributed by atoms with van der Waals surface area (Å²) in [7, 11) is 4.51. The van der Waals surface area contributed by atoms with Crippen LogP contribution in [0.5, 0.6) is 0 Å². The summed E-state index contributed by atoms with van der Waals surface area (Å²) < 4.78 is 0. The summed E-state index contributed by atoms with van der Waals surface area (Å²) in [4.78, 5) is 5.00. The zero-order valence-corrected chi connectivity index (χ0v) is 28.3. The van der Waals surface area contributed by atoms with Gasteiger partial charge in [0, 0.05) is 6.04 Å². The van der Waals surface area contributed by atoms with Gasteiger partial charge in [0.25, 0.3) is 0 Å². The maximum atomic E-state index is 3.55. The van der Waals surface area contributed by atoms with Gasteiger partial charge in [-0.05, 0) is 81.7 Å². The minimum Gasteiger partial charge on any atom is -0.311 e. The standard InChI is InChI=1S/C32H34N2.3C2H6.V/c1-33-17-3-5-31(33)20-23-7-8-29-21-27(14-13-26(29)19-23)24-9-11-25(12-10-24)28-15-16-30(22-28)32-6-4-18-34(32)2;3*1-2;/h7-11,13-14,16,19,21,31-32H,3-6,17-18,20,22H2,1-2H3;3*1-2H3;/q-2;;;;+2. The van der Waals surface area contributed by atoms with E-state index in [2.05, 4.69) is 96.7 Å². The Labute approximate surface area is 263 Å². The molecule has 1 aliphatic carbocycles. The van der Waals surface area contributed by atoms with Crippen molar-refractivity contribution in [1.82, 2.24) is 9.80 Å². The summed E-state index contributed by atoms with van der Waals surface area (Å²) in [6, 6.07) is 25.3. The molecule has 3 aliphatic rings. The van der Waals surface area contributed by atoms with Crippen molar-refractivity contribution in [3.05, 3.63) is 89.5 Å². The summed E-state index contributed by atoms with van der Waals surface area (Å²) in [5.74, 6) is 0. The summed E-state index contributed by atoms with van der Waals surface area (Å²) in [5.41, 5.74) is 7.91. The van der Waals surface area contributed by atoms with Crippen molar-refractivity contribution in [3.8, 4) is 11.1 Å². The van der Waals surface area contributed by atoms with Gasteiger partial charge in [0.15, 0.2) is 0 Å². The molecule has 2 aliphatic heterocycles. The number of hydrogen-bond donors (Lipinski definition) is 0. The summed E-state index contributed by atoms with van der Waals surface area (Å²) in [6.45, 7) is 14.4. The molecule has 1 radical (unpaired) electrons. The topological polar surface area (TPSA) is 6.48 Å². The molecule has 2 atom stereocenters. The van der Waals surface area contributed by atoms with E-state index in [9.17, 15) is 0 Å². The zero-order chi connectivity index (χ0) is 29.1. The van der Waals surface area contributed by atoms with Crippen molar-refractivity contribution in [3.63, 3.8) is 0 Å². The normalized spacial score (nSPS) is 20.0. The quantitative estimate of drug-likeness (QED) is 0.274. The van der Waals surface area contributed by atoms with Crippen LogP contribution in [-0.4, -0.2) is 49.1 Å². The molecule has 219 valence electrons. The van der Waals surface area contributed by atoms with Crippen molar-refractivity contribution < 1.29 is 18.6 Å². The van der Waals surface area contributed by atoms with E-state index in [1.165, 1.54) is 82.9 Å². The fourth-order valence-electron chi connectivity index (χ4n) is 6.15. The molecule has 3 aromatic carbocycles. The average molecular weight is 588 g/mol. The van der Waals surface area contributed by atoms with Gasteiger partial charge in [-0.1, -0.05) is 83.5 Å². The summed E-state index contributed by atoms with van der Waals surface area (Å²) >= 11 is 0. The molecule has 0 N–H and O–H groups in total. The van der Waals surface area contributed by atoms with Crippen LogP contribution in [-0.2, 0) is 25.0 Å². The molecule has 2 unspecified atom stereocenters. The molecule has 3 aromatic rings. The van der Waals surface area contributed by atoms with Gasteiger partial charge in [-0.3, -0.25) is 0 Å². The van der Waals surface area contributed by atoms with E-state index < -0.39 is 0 Å². The first-order chi connectivity index (χ1) is 19.6. The maximum Gasteiger partial charge on any atom is 2.00 e. The second kappa shape index (κ2) is 17.8. The van der Waals surface area contributed by atoms with Crippen LogP contribution >= 0.6 is 0 Å². The number of allylic oxidation sites excluding steroid dienone is 3. The first-order valence-electron chi connectivity index (χ1n) is 15.9. The Morgan fingerprint density at radius 2 is 1.41 bits per heavy atom. The molecule has 0 amide bonds. The van der Waals surface area contributed by atoms with Crippen LogP contribution in [0, 0.1) is 12.1 Å². The fourth-order valence-corrected chi connectivity index (χ4v) is 6.15. The monoisotopic (exact) mass is 587 g/mol. The van der Waals surface area contributed by atoms with Gasteiger partial charge in [-0.25, -0.2) is 23.3 Å². The number of rotatable bonds is 5. The van der Waals surface area contributed by atoms with Gasteiger partial charge < -0.3 is 9.80 Å². The summed E-state index contributed by atoms with van der Waals surface area (Å²) in [5, 5.41) is 2.65. The van der Waals surface area contributed by atoms with Crippen LogP contribution < -0.4 is 0 Å². The van der Waals surface area contributed by atoms with Gasteiger partial charge in [-0.15, -0.1) is 18.1 Å². The van der Waals surface area contributed by atoms with Crippen molar-refractivity contribution in [2.24, 2.45) is 0 Å². The van der Waals surface area contributed by atoms with E-state index in [0.717, 1.165) is 12.8 Å². The molecule has 0 aromatic heterocycles. The van der Waals surface area contributed by atoms with Crippen LogP contribution in [0.3, 0.4) is 0 Å². The molecule has 6 rings (SSSR count). The van der Waals surface area contributed by atoms with Crippen LogP contribution in [0.15, 0.2) is 66.2 Å². The largest absolute Gasteiger partial charge is 2.00 e. The maximum absolute atomic E-state index is 3.55. The molecule has 2 fully saturated rings. The van der Waals surface area contributed by atoms with E-state index >= 15 is 0 Å². The fraction of sp³-hybridized carbons (Fsp3) is 0.474. The first kappa shape index (κ1) is 35.1. The van der Waals surface area contributed by atoms with Gasteiger partial charge >= 0.3 is 18.6 Å². The van der Waals surface area contributed by atoms with E-state index in [4.69, 9.17) is 0 Å². The van der Waals surface area contributed by atoms with Gasteiger partial charge in [-0.2, -0.15) is 23.8 Å². The Kier molecular flexibility index (Phi) is 15.2. The molecule has 3 heteroatoms. The number of nitrogens with zero attached hydrogens (tertiary/aromatic N) is 2. The molecule has 0 spiro atoms. The Hall–Kier alpha value is -2.10. The summed E-state index contributed by atoms with van der Waals surface area (Å²) in [6.07, 6.45) is 13.2. The Balaban J connectivity index is 0.000000791. The molecule has 0 bridgehead atoms. The Morgan fingerprint density at radius 3 is 2.05 bits per heavy atom. The Morgan fingerprint density at radius 1 is 0.756 bits per heavy atom. The van der Waals surface area contributed by atoms with Gasteiger partial charge in [0.2, 0.25) is 0 Å². The second-order valence-electron chi connectivity index (χ2n) is 10.5. The number of benzene rings is 3. The average Bonchev–Trinajstić information content (AvgIpc) is 3.78. The van der Waals surface area contributed by atoms with Crippen molar-refractivity contribution >= 4 is 16.3 Å². The Bertz CT molecular complexity index is 1260. The van der Waals surface area contributed by atoms with Crippen molar-refractivity contribution in [2.45, 2.75) is 92.2 Å². The number of fused-ring (bicyclic) bond motifs is 1. The third-order valence-corrected chi connectivity index (χ3v) is 8.28. The third kappa shape index (κ3) is 8.71. The van der Waals surface area contributed by atoms with E-state index in [1.807, 2.05) is 41.5 Å². The van der Waals surface area contributed by atoms with Crippen molar-refractivity contribution in [2.75, 3.05) is 27.2 Å². The molecule has 2 heterocycles. The SMILES string of the molecule is CC.CC.CC.CN1CCCC1Cc1ccc2cc(-c3c[c-]c(C4=[C-]C=C(C5CCCN5C)C4)cc3)ccc2c1.[V+2]. The molecular formula is C38H52N2V. The zero-order valence-electron chi connectivity index (χ0n) is 26.9. The predicted octanol–water partition coefficient (Wildman–Crippen LogP) is 9.63. The third-order valence-electron chi connectivity index (χ3n) is 8.28. The molecular weight excluding hydrogens is 535 g/mol. The number of likely N-dealkylation sites (N-methyl/N-ethyl adjacent to an activating group) is 2. The van der Waals surface area contributed by atoms with Gasteiger partial charge in [0.1, 0.15) is 0 Å². The number of likely N-dealkylation sites (tertiary alicyclic amines) is 2. The number of hydrogen-bond acceptors (Lipinski definition) is 2. The van der Waals surface area contributed by atoms with E-state index in [1.54, 1.807) is 0 Å². The first-order valence-corrected chi connectivity index (χ1v) is 15.9. The van der Waals surface area contributed by atoms with Crippen LogP contribution in [0.4, 0.5) is 0 Å². The van der Waals surface area contributed by atoms with Crippen LogP contribution in [0.2, 0.25) is 0 Å². The minimum atomic E-state index is 0.